The number of hydrogen-bond acceptors (Lipinski definition) is 3. The number of allylic oxidation sites excluding steroid dienone is 4. The SMILES string of the molecule is C=C(CCCOC)NC1=CC(N)=C(F)CC1. The Hall–Kier alpha value is -1.29. The smallest absolute Gasteiger partial charge is 0.123 e. The number of halogens is 1. The highest BCUT2D eigenvalue weighted by molar-refractivity contribution is 5.29. The fourth-order valence-electron chi connectivity index (χ4n) is 1.54. The van der Waals surface area contributed by atoms with Crippen LogP contribution >= 0.6 is 0 Å². The minimum Gasteiger partial charge on any atom is -0.397 e. The van der Waals surface area contributed by atoms with Crippen molar-refractivity contribution in [3.8, 4) is 0 Å². The fraction of sp³-hybridized carbons (Fsp3) is 0.500. The van der Waals surface area contributed by atoms with Crippen molar-refractivity contribution in [3.05, 3.63) is 35.6 Å². The zero-order valence-electron chi connectivity index (χ0n) is 9.68. The van der Waals surface area contributed by atoms with Crippen molar-refractivity contribution < 1.29 is 9.13 Å². The van der Waals surface area contributed by atoms with E-state index >= 15 is 0 Å². The molecule has 0 unspecified atom stereocenters. The van der Waals surface area contributed by atoms with Crippen molar-refractivity contribution in [3.63, 3.8) is 0 Å². The summed E-state index contributed by atoms with van der Waals surface area (Å²) < 4.78 is 17.9. The van der Waals surface area contributed by atoms with Crippen molar-refractivity contribution in [2.24, 2.45) is 5.73 Å². The van der Waals surface area contributed by atoms with E-state index in [0.717, 1.165) is 30.8 Å². The summed E-state index contributed by atoms with van der Waals surface area (Å²) >= 11 is 0. The Balaban J connectivity index is 2.38. The van der Waals surface area contributed by atoms with Crippen LogP contribution in [0.1, 0.15) is 25.7 Å². The van der Waals surface area contributed by atoms with Gasteiger partial charge < -0.3 is 15.8 Å². The Labute approximate surface area is 95.8 Å². The molecule has 0 spiro atoms. The van der Waals surface area contributed by atoms with Gasteiger partial charge in [0.25, 0.3) is 0 Å². The van der Waals surface area contributed by atoms with Gasteiger partial charge in [0.2, 0.25) is 0 Å². The summed E-state index contributed by atoms with van der Waals surface area (Å²) in [6.07, 6.45) is 4.43. The first-order valence-corrected chi connectivity index (χ1v) is 5.42. The third-order valence-corrected chi connectivity index (χ3v) is 2.42. The second-order valence-electron chi connectivity index (χ2n) is 3.85. The first kappa shape index (κ1) is 12.8. The summed E-state index contributed by atoms with van der Waals surface area (Å²) in [6, 6.07) is 0. The number of hydrogen-bond donors (Lipinski definition) is 2. The Morgan fingerprint density at radius 1 is 1.62 bits per heavy atom. The minimum absolute atomic E-state index is 0.221. The Kier molecular flexibility index (Phi) is 5.05. The standard InChI is InChI=1S/C12H19FN2O/c1-9(4-3-7-16-2)15-10-5-6-11(13)12(14)8-10/h8,15H,1,3-7,14H2,2H3. The summed E-state index contributed by atoms with van der Waals surface area (Å²) in [5.74, 6) is -0.226. The van der Waals surface area contributed by atoms with Crippen LogP contribution in [0.25, 0.3) is 0 Å². The van der Waals surface area contributed by atoms with Gasteiger partial charge in [-0.15, -0.1) is 0 Å². The van der Waals surface area contributed by atoms with Crippen molar-refractivity contribution in [2.45, 2.75) is 25.7 Å². The van der Waals surface area contributed by atoms with Crippen molar-refractivity contribution in [2.75, 3.05) is 13.7 Å². The van der Waals surface area contributed by atoms with Gasteiger partial charge in [0.15, 0.2) is 0 Å². The van der Waals surface area contributed by atoms with Crippen molar-refractivity contribution >= 4 is 0 Å². The van der Waals surface area contributed by atoms with Gasteiger partial charge >= 0.3 is 0 Å². The number of nitrogens with two attached hydrogens (primary N) is 1. The highest BCUT2D eigenvalue weighted by atomic mass is 19.1. The van der Waals surface area contributed by atoms with E-state index in [2.05, 4.69) is 11.9 Å². The molecular formula is C12H19FN2O. The van der Waals surface area contributed by atoms with Gasteiger partial charge in [-0.3, -0.25) is 0 Å². The first-order chi connectivity index (χ1) is 7.63. The van der Waals surface area contributed by atoms with Crippen LogP contribution in [-0.2, 0) is 4.74 Å². The Morgan fingerprint density at radius 2 is 2.38 bits per heavy atom. The maximum atomic E-state index is 13.0. The first-order valence-electron chi connectivity index (χ1n) is 5.42. The normalized spacial score (nSPS) is 16.0. The molecule has 1 aliphatic rings. The van der Waals surface area contributed by atoms with Gasteiger partial charge in [-0.25, -0.2) is 4.39 Å². The molecule has 0 aromatic carbocycles. The van der Waals surface area contributed by atoms with E-state index in [1.807, 2.05) is 0 Å². The molecule has 90 valence electrons. The predicted octanol–water partition coefficient (Wildman–Crippen LogP) is 2.33. The summed E-state index contributed by atoms with van der Waals surface area (Å²) in [5, 5.41) is 3.16. The molecule has 4 heteroatoms. The molecule has 1 aliphatic carbocycles. The van der Waals surface area contributed by atoms with E-state index in [1.54, 1.807) is 13.2 Å². The van der Waals surface area contributed by atoms with E-state index in [0.29, 0.717) is 12.8 Å². The molecule has 0 aliphatic heterocycles. The molecule has 0 aromatic rings. The monoisotopic (exact) mass is 226 g/mol. The predicted molar refractivity (Wildman–Crippen MR) is 63.0 cm³/mol. The molecule has 0 amide bonds. The lowest BCUT2D eigenvalue weighted by Gasteiger charge is -2.16. The van der Waals surface area contributed by atoms with Crippen LogP contribution in [0.2, 0.25) is 0 Å². The van der Waals surface area contributed by atoms with Gasteiger partial charge in [-0.05, 0) is 25.3 Å². The van der Waals surface area contributed by atoms with E-state index in [1.165, 1.54) is 0 Å². The molecule has 16 heavy (non-hydrogen) atoms. The Morgan fingerprint density at radius 3 is 3.00 bits per heavy atom. The quantitative estimate of drug-likeness (QED) is 0.683. The van der Waals surface area contributed by atoms with Crippen LogP contribution in [0.15, 0.2) is 35.6 Å². The lowest BCUT2D eigenvalue weighted by atomic mass is 10.1. The average Bonchev–Trinajstić information content (AvgIpc) is 2.24. The topological polar surface area (TPSA) is 47.3 Å². The van der Waals surface area contributed by atoms with Crippen molar-refractivity contribution in [1.82, 2.24) is 5.32 Å². The molecule has 0 aromatic heterocycles. The lowest BCUT2D eigenvalue weighted by molar-refractivity contribution is 0.195. The number of rotatable bonds is 6. The second kappa shape index (κ2) is 6.33. The summed E-state index contributed by atoms with van der Waals surface area (Å²) in [4.78, 5) is 0. The zero-order valence-corrected chi connectivity index (χ0v) is 9.68. The van der Waals surface area contributed by atoms with Crippen LogP contribution in [0.5, 0.6) is 0 Å². The molecule has 0 saturated carbocycles. The molecule has 3 nitrogen and oxygen atoms in total. The van der Waals surface area contributed by atoms with Crippen LogP contribution in [0, 0.1) is 0 Å². The molecule has 0 fully saturated rings. The number of methoxy groups -OCH3 is 1. The largest absolute Gasteiger partial charge is 0.397 e. The molecule has 0 saturated heterocycles. The summed E-state index contributed by atoms with van der Waals surface area (Å²) in [7, 11) is 1.67. The summed E-state index contributed by atoms with van der Waals surface area (Å²) in [5.41, 5.74) is 7.57. The number of nitrogens with one attached hydrogen (secondary N) is 1. The molecule has 1 rings (SSSR count). The van der Waals surface area contributed by atoms with Crippen LogP contribution in [-0.4, -0.2) is 13.7 Å². The fourth-order valence-corrected chi connectivity index (χ4v) is 1.54. The maximum absolute atomic E-state index is 13.0. The highest BCUT2D eigenvalue weighted by Crippen LogP contribution is 2.21. The summed E-state index contributed by atoms with van der Waals surface area (Å²) in [6.45, 7) is 4.63. The van der Waals surface area contributed by atoms with Gasteiger partial charge in [-0.1, -0.05) is 6.58 Å². The zero-order chi connectivity index (χ0) is 12.0. The van der Waals surface area contributed by atoms with Crippen LogP contribution in [0.3, 0.4) is 0 Å². The van der Waals surface area contributed by atoms with Gasteiger partial charge in [0, 0.05) is 31.5 Å². The third-order valence-electron chi connectivity index (χ3n) is 2.42. The van der Waals surface area contributed by atoms with E-state index in [-0.39, 0.29) is 11.5 Å². The average molecular weight is 226 g/mol. The van der Waals surface area contributed by atoms with Crippen molar-refractivity contribution in [1.29, 1.82) is 0 Å². The van der Waals surface area contributed by atoms with Gasteiger partial charge in [-0.2, -0.15) is 0 Å². The van der Waals surface area contributed by atoms with Crippen LogP contribution in [0.4, 0.5) is 4.39 Å². The maximum Gasteiger partial charge on any atom is 0.123 e. The second-order valence-corrected chi connectivity index (χ2v) is 3.85. The molecule has 0 atom stereocenters. The van der Waals surface area contributed by atoms with E-state index < -0.39 is 0 Å². The minimum atomic E-state index is -0.226. The molecular weight excluding hydrogens is 207 g/mol. The Bertz CT molecular complexity index is 321. The van der Waals surface area contributed by atoms with Crippen LogP contribution < -0.4 is 11.1 Å². The van der Waals surface area contributed by atoms with Gasteiger partial charge in [0.1, 0.15) is 5.83 Å². The lowest BCUT2D eigenvalue weighted by Crippen LogP contribution is -2.16. The molecule has 0 bridgehead atoms. The van der Waals surface area contributed by atoms with E-state index in [4.69, 9.17) is 10.5 Å². The third kappa shape index (κ3) is 4.06. The highest BCUT2D eigenvalue weighted by Gasteiger charge is 2.11. The van der Waals surface area contributed by atoms with E-state index in [9.17, 15) is 4.39 Å². The molecule has 0 heterocycles. The van der Waals surface area contributed by atoms with Gasteiger partial charge in [0.05, 0.1) is 5.70 Å². The molecule has 3 N–H and O–H groups in total. The number of ether oxygens (including phenoxy) is 1. The molecule has 0 radical (unpaired) electrons.